The molecule has 6 heteroatoms. The van der Waals surface area contributed by atoms with Gasteiger partial charge in [-0.2, -0.15) is 0 Å². The quantitative estimate of drug-likeness (QED) is 0.304. The van der Waals surface area contributed by atoms with E-state index in [9.17, 15) is 4.79 Å². The Balaban J connectivity index is 2.53. The maximum Gasteiger partial charge on any atom is 0.251 e. The summed E-state index contributed by atoms with van der Waals surface area (Å²) in [7, 11) is 0. The molecule has 0 aromatic heterocycles. The minimum Gasteiger partial charge on any atom is -0.382 e. The number of nitrogens with zero attached hydrogens (tertiary/aromatic N) is 1. The van der Waals surface area contributed by atoms with Crippen LogP contribution in [0.5, 0.6) is 0 Å². The number of guanidine groups is 1. The first-order chi connectivity index (χ1) is 12.7. The standard InChI is InChI=1S/C20H34N4O2/c1-4-12-22-19(25)18-11-9-10-17(15-18)16-24-20(21-5-2)23-13-7-8-14-26-6-3/h9-11,15H,4-8,12-14,16H2,1-3H3,(H,22,25)(H2,21,23,24). The Morgan fingerprint density at radius 2 is 1.92 bits per heavy atom. The average Bonchev–Trinajstić information content (AvgIpc) is 2.67. The molecule has 1 aromatic carbocycles. The van der Waals surface area contributed by atoms with Gasteiger partial charge in [0.05, 0.1) is 6.54 Å². The highest BCUT2D eigenvalue weighted by Crippen LogP contribution is 2.07. The van der Waals surface area contributed by atoms with Crippen molar-refractivity contribution < 1.29 is 9.53 Å². The lowest BCUT2D eigenvalue weighted by molar-refractivity contribution is 0.0953. The van der Waals surface area contributed by atoms with Gasteiger partial charge in [0.25, 0.3) is 5.91 Å². The molecule has 0 spiro atoms. The number of ether oxygens (including phenoxy) is 1. The molecule has 26 heavy (non-hydrogen) atoms. The molecule has 0 aliphatic rings. The van der Waals surface area contributed by atoms with Gasteiger partial charge in [0.1, 0.15) is 0 Å². The molecule has 0 fully saturated rings. The van der Waals surface area contributed by atoms with Crippen LogP contribution in [0, 0.1) is 0 Å². The van der Waals surface area contributed by atoms with Crippen LogP contribution in [0.25, 0.3) is 0 Å². The first-order valence-corrected chi connectivity index (χ1v) is 9.68. The lowest BCUT2D eigenvalue weighted by atomic mass is 10.1. The first kappa shape index (κ1) is 22.0. The van der Waals surface area contributed by atoms with Gasteiger partial charge < -0.3 is 20.7 Å². The Morgan fingerprint density at radius 1 is 1.08 bits per heavy atom. The van der Waals surface area contributed by atoms with Crippen LogP contribution < -0.4 is 16.0 Å². The smallest absolute Gasteiger partial charge is 0.251 e. The number of amides is 1. The third-order valence-electron chi connectivity index (χ3n) is 3.70. The molecule has 0 aliphatic carbocycles. The second-order valence-electron chi connectivity index (χ2n) is 5.98. The summed E-state index contributed by atoms with van der Waals surface area (Å²) in [5, 5.41) is 9.49. The maximum absolute atomic E-state index is 12.1. The van der Waals surface area contributed by atoms with Crippen molar-refractivity contribution in [3.63, 3.8) is 0 Å². The summed E-state index contributed by atoms with van der Waals surface area (Å²) in [5.74, 6) is 0.766. The number of nitrogens with one attached hydrogen (secondary N) is 3. The molecule has 0 saturated carbocycles. The van der Waals surface area contributed by atoms with Crippen LogP contribution >= 0.6 is 0 Å². The Bertz CT molecular complexity index is 546. The number of carbonyl (C=O) groups excluding carboxylic acids is 1. The predicted molar refractivity (Wildman–Crippen MR) is 108 cm³/mol. The van der Waals surface area contributed by atoms with Crippen molar-refractivity contribution >= 4 is 11.9 Å². The normalized spacial score (nSPS) is 11.3. The number of benzene rings is 1. The zero-order chi connectivity index (χ0) is 19.0. The molecule has 1 aromatic rings. The summed E-state index contributed by atoms with van der Waals surface area (Å²) in [5.41, 5.74) is 1.70. The lowest BCUT2D eigenvalue weighted by Gasteiger charge is -2.11. The van der Waals surface area contributed by atoms with Crippen molar-refractivity contribution in [3.8, 4) is 0 Å². The topological polar surface area (TPSA) is 74.8 Å². The second kappa shape index (κ2) is 14.1. The van der Waals surface area contributed by atoms with Crippen molar-refractivity contribution in [2.45, 2.75) is 46.6 Å². The van der Waals surface area contributed by atoms with Crippen LogP contribution in [-0.4, -0.2) is 44.7 Å². The summed E-state index contributed by atoms with van der Waals surface area (Å²) in [6, 6.07) is 7.63. The molecule has 0 unspecified atom stereocenters. The van der Waals surface area contributed by atoms with Crippen LogP contribution in [-0.2, 0) is 11.3 Å². The van der Waals surface area contributed by atoms with Crippen LogP contribution in [0.2, 0.25) is 0 Å². The van der Waals surface area contributed by atoms with E-state index >= 15 is 0 Å². The Hall–Kier alpha value is -2.08. The van der Waals surface area contributed by atoms with Gasteiger partial charge in [-0.15, -0.1) is 0 Å². The molecular weight excluding hydrogens is 328 g/mol. The number of carbonyl (C=O) groups is 1. The molecule has 0 heterocycles. The molecule has 0 atom stereocenters. The van der Waals surface area contributed by atoms with Gasteiger partial charge in [0.2, 0.25) is 0 Å². The first-order valence-electron chi connectivity index (χ1n) is 9.68. The van der Waals surface area contributed by atoms with Crippen molar-refractivity contribution in [2.75, 3.05) is 32.8 Å². The van der Waals surface area contributed by atoms with E-state index in [1.54, 1.807) is 0 Å². The monoisotopic (exact) mass is 362 g/mol. The number of rotatable bonds is 12. The van der Waals surface area contributed by atoms with Gasteiger partial charge in [-0.25, -0.2) is 4.99 Å². The van der Waals surface area contributed by atoms with Crippen molar-refractivity contribution in [1.82, 2.24) is 16.0 Å². The number of hydrogen-bond acceptors (Lipinski definition) is 3. The fourth-order valence-electron chi connectivity index (χ4n) is 2.34. The van der Waals surface area contributed by atoms with Crippen molar-refractivity contribution in [2.24, 2.45) is 4.99 Å². The molecule has 0 radical (unpaired) electrons. The fourth-order valence-corrected chi connectivity index (χ4v) is 2.34. The van der Waals surface area contributed by atoms with E-state index in [1.807, 2.05) is 45.0 Å². The molecule has 6 nitrogen and oxygen atoms in total. The highest BCUT2D eigenvalue weighted by molar-refractivity contribution is 5.94. The summed E-state index contributed by atoms with van der Waals surface area (Å²) in [6.45, 7) is 10.6. The molecule has 146 valence electrons. The highest BCUT2D eigenvalue weighted by atomic mass is 16.5. The predicted octanol–water partition coefficient (Wildman–Crippen LogP) is 2.70. The SMILES string of the molecule is CCCNC(=O)c1cccc(CN=C(NCC)NCCCCOCC)c1. The summed E-state index contributed by atoms with van der Waals surface area (Å²) in [6.07, 6.45) is 3.00. The Kier molecular flexibility index (Phi) is 11.9. The van der Waals surface area contributed by atoms with Crippen LogP contribution in [0.15, 0.2) is 29.3 Å². The molecule has 0 saturated heterocycles. The third kappa shape index (κ3) is 9.42. The van der Waals surface area contributed by atoms with Gasteiger partial charge in [-0.3, -0.25) is 4.79 Å². The largest absolute Gasteiger partial charge is 0.382 e. The number of aliphatic imine (C=N–C) groups is 1. The van der Waals surface area contributed by atoms with Crippen molar-refractivity contribution in [1.29, 1.82) is 0 Å². The van der Waals surface area contributed by atoms with E-state index in [-0.39, 0.29) is 5.91 Å². The molecule has 1 rings (SSSR count). The molecular formula is C20H34N4O2. The van der Waals surface area contributed by atoms with Crippen molar-refractivity contribution in [3.05, 3.63) is 35.4 Å². The number of unbranched alkanes of at least 4 members (excludes halogenated alkanes) is 1. The van der Waals surface area contributed by atoms with Gasteiger partial charge in [-0.05, 0) is 50.8 Å². The zero-order valence-electron chi connectivity index (χ0n) is 16.4. The van der Waals surface area contributed by atoms with E-state index in [0.717, 1.165) is 57.1 Å². The molecule has 0 bridgehead atoms. The lowest BCUT2D eigenvalue weighted by Crippen LogP contribution is -2.37. The average molecular weight is 363 g/mol. The fraction of sp³-hybridized carbons (Fsp3) is 0.600. The Labute approximate surface area is 157 Å². The van der Waals surface area contributed by atoms with E-state index in [4.69, 9.17) is 4.74 Å². The minimum absolute atomic E-state index is 0.0305. The molecule has 1 amide bonds. The van der Waals surface area contributed by atoms with Gasteiger partial charge in [-0.1, -0.05) is 19.1 Å². The van der Waals surface area contributed by atoms with E-state index in [2.05, 4.69) is 20.9 Å². The summed E-state index contributed by atoms with van der Waals surface area (Å²) >= 11 is 0. The Morgan fingerprint density at radius 3 is 2.65 bits per heavy atom. The van der Waals surface area contributed by atoms with E-state index in [1.165, 1.54) is 0 Å². The van der Waals surface area contributed by atoms with Gasteiger partial charge in [0.15, 0.2) is 5.96 Å². The summed E-state index contributed by atoms with van der Waals surface area (Å²) in [4.78, 5) is 16.7. The molecule has 3 N–H and O–H groups in total. The van der Waals surface area contributed by atoms with E-state index < -0.39 is 0 Å². The van der Waals surface area contributed by atoms with E-state index in [0.29, 0.717) is 18.7 Å². The van der Waals surface area contributed by atoms with Gasteiger partial charge >= 0.3 is 0 Å². The highest BCUT2D eigenvalue weighted by Gasteiger charge is 2.05. The van der Waals surface area contributed by atoms with Crippen LogP contribution in [0.3, 0.4) is 0 Å². The minimum atomic E-state index is -0.0305. The second-order valence-corrected chi connectivity index (χ2v) is 5.98. The third-order valence-corrected chi connectivity index (χ3v) is 3.70. The van der Waals surface area contributed by atoms with Crippen LogP contribution in [0.4, 0.5) is 0 Å². The van der Waals surface area contributed by atoms with Crippen LogP contribution in [0.1, 0.15) is 56.0 Å². The zero-order valence-corrected chi connectivity index (χ0v) is 16.4. The maximum atomic E-state index is 12.1. The summed E-state index contributed by atoms with van der Waals surface area (Å²) < 4.78 is 5.34. The number of hydrogen-bond donors (Lipinski definition) is 3. The van der Waals surface area contributed by atoms with Gasteiger partial charge in [0, 0.05) is 38.4 Å². The molecule has 0 aliphatic heterocycles.